The van der Waals surface area contributed by atoms with Crippen molar-refractivity contribution in [3.8, 4) is 0 Å². The molecule has 2 atom stereocenters. The van der Waals surface area contributed by atoms with Gasteiger partial charge in [0.25, 0.3) is 0 Å². The Kier molecular flexibility index (Phi) is 5.82. The molecule has 1 aromatic carbocycles. The van der Waals surface area contributed by atoms with Crippen molar-refractivity contribution in [3.05, 3.63) is 48.5 Å². The van der Waals surface area contributed by atoms with Gasteiger partial charge in [0.05, 0.1) is 6.54 Å². The van der Waals surface area contributed by atoms with Gasteiger partial charge in [-0.05, 0) is 43.7 Å². The Morgan fingerprint density at radius 2 is 1.96 bits per heavy atom. The molecular formula is C21H29N5O. The van der Waals surface area contributed by atoms with Crippen LogP contribution >= 0.6 is 0 Å². The molecule has 2 bridgehead atoms. The number of aryl methyl sites for hydroxylation is 2. The monoisotopic (exact) mass is 367 g/mol. The lowest BCUT2D eigenvalue weighted by Crippen LogP contribution is -2.47. The summed E-state index contributed by atoms with van der Waals surface area (Å²) in [5, 5.41) is 4.10. The highest BCUT2D eigenvalue weighted by molar-refractivity contribution is 5.76. The lowest BCUT2D eigenvalue weighted by Gasteiger charge is -2.36. The summed E-state index contributed by atoms with van der Waals surface area (Å²) in [5.74, 6) is 0.891. The average molecular weight is 367 g/mol. The maximum Gasteiger partial charge on any atom is 0.224 e. The smallest absolute Gasteiger partial charge is 0.224 e. The maximum atomic E-state index is 12.8. The maximum absolute atomic E-state index is 12.8. The van der Waals surface area contributed by atoms with Crippen LogP contribution in [-0.2, 0) is 17.8 Å². The van der Waals surface area contributed by atoms with Gasteiger partial charge in [0.15, 0.2) is 0 Å². The summed E-state index contributed by atoms with van der Waals surface area (Å²) in [6, 6.07) is 11.1. The van der Waals surface area contributed by atoms with Crippen molar-refractivity contribution in [3.63, 3.8) is 0 Å². The van der Waals surface area contributed by atoms with Crippen molar-refractivity contribution in [1.29, 1.82) is 0 Å². The van der Waals surface area contributed by atoms with E-state index in [1.165, 1.54) is 24.7 Å². The summed E-state index contributed by atoms with van der Waals surface area (Å²) in [5.41, 5.74) is 1.42. The van der Waals surface area contributed by atoms with Crippen LogP contribution in [0.15, 0.2) is 43.0 Å². The zero-order valence-electron chi connectivity index (χ0n) is 15.9. The molecule has 144 valence electrons. The molecule has 0 spiro atoms. The van der Waals surface area contributed by atoms with Gasteiger partial charge in [0.2, 0.25) is 5.91 Å². The van der Waals surface area contributed by atoms with E-state index >= 15 is 0 Å². The van der Waals surface area contributed by atoms with Crippen molar-refractivity contribution >= 4 is 5.91 Å². The summed E-state index contributed by atoms with van der Waals surface area (Å²) < 4.78 is 1.74. The number of nitrogens with zero attached hydrogens (tertiary/aromatic N) is 5. The number of fused-ring (bicyclic) bond motifs is 4. The molecule has 3 aliphatic heterocycles. The molecule has 3 aliphatic rings. The molecule has 3 fully saturated rings. The molecule has 4 heterocycles. The fourth-order valence-corrected chi connectivity index (χ4v) is 4.52. The summed E-state index contributed by atoms with van der Waals surface area (Å²) in [4.78, 5) is 21.5. The number of aromatic nitrogens is 3. The molecule has 6 nitrogen and oxygen atoms in total. The van der Waals surface area contributed by atoms with Crippen molar-refractivity contribution < 1.29 is 4.79 Å². The molecule has 0 unspecified atom stereocenters. The third-order valence-corrected chi connectivity index (χ3v) is 5.91. The summed E-state index contributed by atoms with van der Waals surface area (Å²) in [6.45, 7) is 4.84. The van der Waals surface area contributed by atoms with E-state index in [-0.39, 0.29) is 5.91 Å². The quantitative estimate of drug-likeness (QED) is 0.753. The zero-order chi connectivity index (χ0) is 18.5. The minimum absolute atomic E-state index is 0.270. The summed E-state index contributed by atoms with van der Waals surface area (Å²) in [6.07, 6.45) is 8.43. The number of benzene rings is 1. The highest BCUT2D eigenvalue weighted by atomic mass is 16.2. The van der Waals surface area contributed by atoms with Gasteiger partial charge in [0.1, 0.15) is 12.7 Å². The molecule has 0 N–H and O–H groups in total. The van der Waals surface area contributed by atoms with Crippen LogP contribution in [0.2, 0.25) is 0 Å². The van der Waals surface area contributed by atoms with Gasteiger partial charge in [0, 0.05) is 32.1 Å². The predicted octanol–water partition coefficient (Wildman–Crippen LogP) is 2.22. The van der Waals surface area contributed by atoms with E-state index in [0.29, 0.717) is 24.9 Å². The van der Waals surface area contributed by atoms with E-state index < -0.39 is 0 Å². The second kappa shape index (κ2) is 8.65. The number of piperidine rings is 1. The van der Waals surface area contributed by atoms with Crippen LogP contribution in [0.3, 0.4) is 0 Å². The Labute approximate surface area is 161 Å². The number of amides is 1. The van der Waals surface area contributed by atoms with Gasteiger partial charge in [-0.2, -0.15) is 5.10 Å². The SMILES string of the molecule is O=C(CCn1cncn1)N1C[C@@H]2CC[C@H]1CN(CCCc1ccccc1)C2. The molecule has 1 amide bonds. The van der Waals surface area contributed by atoms with Gasteiger partial charge in [-0.15, -0.1) is 0 Å². The van der Waals surface area contributed by atoms with Gasteiger partial charge in [-0.3, -0.25) is 9.48 Å². The normalized spacial score (nSPS) is 22.7. The molecule has 6 heteroatoms. The first-order valence-corrected chi connectivity index (χ1v) is 10.2. The molecule has 1 aromatic heterocycles. The predicted molar refractivity (Wildman–Crippen MR) is 104 cm³/mol. The molecule has 0 saturated carbocycles. The Hall–Kier alpha value is -2.21. The number of carbonyl (C=O) groups is 1. The van der Waals surface area contributed by atoms with Gasteiger partial charge < -0.3 is 9.80 Å². The molecule has 0 aliphatic carbocycles. The van der Waals surface area contributed by atoms with Crippen molar-refractivity contribution in [2.45, 2.75) is 44.7 Å². The molecule has 5 rings (SSSR count). The van der Waals surface area contributed by atoms with Gasteiger partial charge in [-0.1, -0.05) is 30.3 Å². The minimum atomic E-state index is 0.270. The molecule has 0 radical (unpaired) electrons. The number of hydrogen-bond acceptors (Lipinski definition) is 4. The van der Waals surface area contributed by atoms with Crippen LogP contribution in [0.4, 0.5) is 0 Å². The Bertz CT molecular complexity index is 717. The van der Waals surface area contributed by atoms with Crippen LogP contribution in [0.1, 0.15) is 31.2 Å². The Balaban J connectivity index is 1.28. The van der Waals surface area contributed by atoms with E-state index in [9.17, 15) is 4.79 Å². The zero-order valence-corrected chi connectivity index (χ0v) is 15.9. The van der Waals surface area contributed by atoms with E-state index in [1.807, 2.05) is 0 Å². The minimum Gasteiger partial charge on any atom is -0.338 e. The van der Waals surface area contributed by atoms with Crippen LogP contribution < -0.4 is 0 Å². The highest BCUT2D eigenvalue weighted by Crippen LogP contribution is 2.28. The number of rotatable bonds is 7. The van der Waals surface area contributed by atoms with Crippen LogP contribution in [-0.4, -0.2) is 62.7 Å². The Morgan fingerprint density at radius 1 is 1.07 bits per heavy atom. The van der Waals surface area contributed by atoms with Gasteiger partial charge >= 0.3 is 0 Å². The topological polar surface area (TPSA) is 54.3 Å². The standard InChI is InChI=1S/C21H29N5O/c27-21(10-12-25-17-22-16-23-25)26-14-19-8-9-20(26)15-24(13-19)11-4-7-18-5-2-1-3-6-18/h1-3,5-6,16-17,19-20H,4,7-15H2/t19-,20+/m1/s1. The Morgan fingerprint density at radius 3 is 2.78 bits per heavy atom. The fraction of sp³-hybridized carbons (Fsp3) is 0.571. The second-order valence-corrected chi connectivity index (χ2v) is 7.90. The van der Waals surface area contributed by atoms with Gasteiger partial charge in [-0.25, -0.2) is 4.98 Å². The second-order valence-electron chi connectivity index (χ2n) is 7.90. The van der Waals surface area contributed by atoms with E-state index in [0.717, 1.165) is 39.0 Å². The third kappa shape index (κ3) is 4.75. The first-order valence-electron chi connectivity index (χ1n) is 10.2. The molecule has 27 heavy (non-hydrogen) atoms. The summed E-state index contributed by atoms with van der Waals surface area (Å²) >= 11 is 0. The van der Waals surface area contributed by atoms with Crippen LogP contribution in [0.5, 0.6) is 0 Å². The number of carbonyl (C=O) groups excluding carboxylic acids is 1. The van der Waals surface area contributed by atoms with E-state index in [2.05, 4.69) is 50.2 Å². The van der Waals surface area contributed by atoms with Crippen molar-refractivity contribution in [2.24, 2.45) is 5.92 Å². The average Bonchev–Trinajstić information content (AvgIpc) is 3.06. The van der Waals surface area contributed by atoms with Crippen molar-refractivity contribution in [2.75, 3.05) is 26.2 Å². The first kappa shape index (κ1) is 18.2. The van der Waals surface area contributed by atoms with Crippen LogP contribution in [0, 0.1) is 5.92 Å². The van der Waals surface area contributed by atoms with Crippen LogP contribution in [0.25, 0.3) is 0 Å². The van der Waals surface area contributed by atoms with E-state index in [1.54, 1.807) is 11.0 Å². The lowest BCUT2D eigenvalue weighted by atomic mass is 9.94. The first-order chi connectivity index (χ1) is 13.3. The fourth-order valence-electron chi connectivity index (χ4n) is 4.52. The largest absolute Gasteiger partial charge is 0.338 e. The van der Waals surface area contributed by atoms with Crippen molar-refractivity contribution in [1.82, 2.24) is 24.6 Å². The summed E-state index contributed by atoms with van der Waals surface area (Å²) in [7, 11) is 0. The molecular weight excluding hydrogens is 338 g/mol. The number of hydrogen-bond donors (Lipinski definition) is 0. The molecule has 3 saturated heterocycles. The molecule has 2 aromatic rings. The lowest BCUT2D eigenvalue weighted by molar-refractivity contribution is -0.135. The third-order valence-electron chi connectivity index (χ3n) is 5.91. The highest BCUT2D eigenvalue weighted by Gasteiger charge is 2.36. The van der Waals surface area contributed by atoms with E-state index in [4.69, 9.17) is 0 Å².